The Balaban J connectivity index is 2.31. The lowest BCUT2D eigenvalue weighted by atomic mass is 10.1. The molecule has 0 unspecified atom stereocenters. The quantitative estimate of drug-likeness (QED) is 0.572. The molecule has 1 aliphatic carbocycles. The molecule has 0 spiro atoms. The van der Waals surface area contributed by atoms with Gasteiger partial charge in [0.05, 0.1) is 0 Å². The van der Waals surface area contributed by atoms with E-state index in [2.05, 4.69) is 21.2 Å². The third-order valence-corrected chi connectivity index (χ3v) is 2.70. The van der Waals surface area contributed by atoms with Crippen LogP contribution >= 0.6 is 15.9 Å². The largest absolute Gasteiger partial charge is 0.384 e. The van der Waals surface area contributed by atoms with Crippen molar-refractivity contribution in [1.29, 1.82) is 5.41 Å². The minimum Gasteiger partial charge on any atom is -0.384 e. The van der Waals surface area contributed by atoms with Gasteiger partial charge < -0.3 is 11.1 Å². The van der Waals surface area contributed by atoms with E-state index in [1.165, 1.54) is 12.8 Å². The van der Waals surface area contributed by atoms with Crippen LogP contribution in [0.15, 0.2) is 22.7 Å². The molecule has 1 fully saturated rings. The molecule has 0 aliphatic heterocycles. The smallest absolute Gasteiger partial charge is 0.124 e. The van der Waals surface area contributed by atoms with Crippen molar-refractivity contribution in [2.24, 2.45) is 5.73 Å². The summed E-state index contributed by atoms with van der Waals surface area (Å²) in [4.78, 5) is 0. The predicted octanol–water partition coefficient (Wildman–Crippen LogP) is 2.31. The number of nitrogens with two attached hydrogens (primary N) is 1. The number of hydrogen-bond acceptors (Lipinski definition) is 2. The highest BCUT2D eigenvalue weighted by atomic mass is 79.9. The van der Waals surface area contributed by atoms with E-state index in [-0.39, 0.29) is 5.84 Å². The van der Waals surface area contributed by atoms with Gasteiger partial charge in [-0.25, -0.2) is 0 Å². The summed E-state index contributed by atoms with van der Waals surface area (Å²) in [5.41, 5.74) is 7.23. The van der Waals surface area contributed by atoms with Crippen molar-refractivity contribution in [2.75, 3.05) is 5.32 Å². The first-order valence-electron chi connectivity index (χ1n) is 4.57. The summed E-state index contributed by atoms with van der Waals surface area (Å²) < 4.78 is 0.948. The summed E-state index contributed by atoms with van der Waals surface area (Å²) in [6.45, 7) is 0. The van der Waals surface area contributed by atoms with Gasteiger partial charge in [0.15, 0.2) is 0 Å². The number of benzene rings is 1. The maximum Gasteiger partial charge on any atom is 0.124 e. The first-order valence-corrected chi connectivity index (χ1v) is 5.36. The van der Waals surface area contributed by atoms with Crippen LogP contribution < -0.4 is 11.1 Å². The highest BCUT2D eigenvalue weighted by molar-refractivity contribution is 9.10. The summed E-state index contributed by atoms with van der Waals surface area (Å²) >= 11 is 3.37. The van der Waals surface area contributed by atoms with Crippen LogP contribution in [0.4, 0.5) is 5.69 Å². The van der Waals surface area contributed by atoms with Crippen molar-refractivity contribution < 1.29 is 0 Å². The van der Waals surface area contributed by atoms with Gasteiger partial charge in [-0.3, -0.25) is 5.41 Å². The average molecular weight is 254 g/mol. The molecule has 0 atom stereocenters. The zero-order chi connectivity index (χ0) is 10.1. The molecule has 14 heavy (non-hydrogen) atoms. The Morgan fingerprint density at radius 3 is 2.79 bits per heavy atom. The lowest BCUT2D eigenvalue weighted by Gasteiger charge is -2.10. The van der Waals surface area contributed by atoms with Crippen LogP contribution in [0.5, 0.6) is 0 Å². The lowest BCUT2D eigenvalue weighted by Crippen LogP contribution is -2.15. The summed E-state index contributed by atoms with van der Waals surface area (Å²) in [6, 6.07) is 6.36. The molecule has 1 aromatic rings. The van der Waals surface area contributed by atoms with Gasteiger partial charge in [0, 0.05) is 21.8 Å². The Labute approximate surface area is 91.3 Å². The first kappa shape index (κ1) is 9.52. The Morgan fingerprint density at radius 1 is 1.50 bits per heavy atom. The number of halogens is 1. The first-order chi connectivity index (χ1) is 6.66. The molecule has 4 N–H and O–H groups in total. The number of anilines is 1. The van der Waals surface area contributed by atoms with Gasteiger partial charge >= 0.3 is 0 Å². The molecule has 0 bridgehead atoms. The Hall–Kier alpha value is -1.03. The number of hydrogen-bond donors (Lipinski definition) is 3. The molecule has 0 radical (unpaired) electrons. The van der Waals surface area contributed by atoms with E-state index >= 15 is 0 Å². The van der Waals surface area contributed by atoms with Crippen LogP contribution in [0.2, 0.25) is 0 Å². The lowest BCUT2D eigenvalue weighted by molar-refractivity contribution is 1.15. The fourth-order valence-corrected chi connectivity index (χ4v) is 1.67. The maximum atomic E-state index is 7.45. The molecule has 1 aromatic carbocycles. The second kappa shape index (κ2) is 3.61. The van der Waals surface area contributed by atoms with Crippen LogP contribution in [-0.4, -0.2) is 11.9 Å². The normalized spacial score (nSPS) is 15.2. The molecular formula is C10H12BrN3. The van der Waals surface area contributed by atoms with Crippen LogP contribution in [0, 0.1) is 5.41 Å². The molecule has 3 nitrogen and oxygen atoms in total. The molecule has 2 rings (SSSR count). The van der Waals surface area contributed by atoms with E-state index in [1.807, 2.05) is 18.2 Å². The maximum absolute atomic E-state index is 7.45. The summed E-state index contributed by atoms with van der Waals surface area (Å²) in [7, 11) is 0. The molecule has 0 saturated heterocycles. The van der Waals surface area contributed by atoms with Crippen molar-refractivity contribution in [3.63, 3.8) is 0 Å². The monoisotopic (exact) mass is 253 g/mol. The minimum absolute atomic E-state index is 0.106. The van der Waals surface area contributed by atoms with E-state index in [4.69, 9.17) is 11.1 Å². The Bertz CT molecular complexity index is 372. The summed E-state index contributed by atoms with van der Waals surface area (Å²) in [5.74, 6) is 0.106. The minimum atomic E-state index is 0.106. The molecule has 0 amide bonds. The molecule has 0 aromatic heterocycles. The van der Waals surface area contributed by atoms with Gasteiger partial charge in [0.2, 0.25) is 0 Å². The Kier molecular flexibility index (Phi) is 2.46. The third kappa shape index (κ3) is 2.07. The fourth-order valence-electron chi connectivity index (χ4n) is 1.31. The molecule has 74 valence electrons. The zero-order valence-corrected chi connectivity index (χ0v) is 9.26. The van der Waals surface area contributed by atoms with E-state index < -0.39 is 0 Å². The zero-order valence-electron chi connectivity index (χ0n) is 7.68. The van der Waals surface area contributed by atoms with Crippen molar-refractivity contribution in [3.05, 3.63) is 28.2 Å². The SMILES string of the molecule is N=C(N)c1cc(Br)ccc1NC1CC1. The van der Waals surface area contributed by atoms with Crippen LogP contribution in [-0.2, 0) is 0 Å². The number of amidine groups is 1. The highest BCUT2D eigenvalue weighted by Gasteiger charge is 2.22. The van der Waals surface area contributed by atoms with Crippen LogP contribution in [0.1, 0.15) is 18.4 Å². The number of nitrogens with one attached hydrogen (secondary N) is 2. The third-order valence-electron chi connectivity index (χ3n) is 2.21. The Morgan fingerprint density at radius 2 is 2.21 bits per heavy atom. The number of nitrogen functional groups attached to an aromatic ring is 1. The molecular weight excluding hydrogens is 242 g/mol. The van der Waals surface area contributed by atoms with E-state index in [0.717, 1.165) is 15.7 Å². The van der Waals surface area contributed by atoms with Gasteiger partial charge in [-0.1, -0.05) is 15.9 Å². The second-order valence-electron chi connectivity index (χ2n) is 3.52. The molecule has 0 heterocycles. The van der Waals surface area contributed by atoms with E-state index in [9.17, 15) is 0 Å². The number of rotatable bonds is 3. The molecule has 1 saturated carbocycles. The topological polar surface area (TPSA) is 61.9 Å². The summed E-state index contributed by atoms with van der Waals surface area (Å²) in [5, 5.41) is 10.8. The van der Waals surface area contributed by atoms with Crippen molar-refractivity contribution in [1.82, 2.24) is 0 Å². The standard InChI is InChI=1S/C10H12BrN3/c11-6-1-4-9(14-7-2-3-7)8(5-6)10(12)13/h1,4-5,7,14H,2-3H2,(H3,12,13). The average Bonchev–Trinajstić information content (AvgIpc) is 2.91. The van der Waals surface area contributed by atoms with E-state index in [0.29, 0.717) is 6.04 Å². The van der Waals surface area contributed by atoms with Crippen molar-refractivity contribution in [2.45, 2.75) is 18.9 Å². The van der Waals surface area contributed by atoms with Gasteiger partial charge in [-0.05, 0) is 31.0 Å². The van der Waals surface area contributed by atoms with Crippen LogP contribution in [0.3, 0.4) is 0 Å². The second-order valence-corrected chi connectivity index (χ2v) is 4.44. The van der Waals surface area contributed by atoms with Gasteiger partial charge in [-0.15, -0.1) is 0 Å². The van der Waals surface area contributed by atoms with Gasteiger partial charge in [0.1, 0.15) is 5.84 Å². The van der Waals surface area contributed by atoms with E-state index in [1.54, 1.807) is 0 Å². The van der Waals surface area contributed by atoms with Crippen molar-refractivity contribution in [3.8, 4) is 0 Å². The predicted molar refractivity (Wildman–Crippen MR) is 61.8 cm³/mol. The van der Waals surface area contributed by atoms with Gasteiger partial charge in [0.25, 0.3) is 0 Å². The molecule has 1 aliphatic rings. The molecule has 4 heteroatoms. The summed E-state index contributed by atoms with van der Waals surface area (Å²) in [6.07, 6.45) is 2.43. The van der Waals surface area contributed by atoms with Crippen LogP contribution in [0.25, 0.3) is 0 Å². The van der Waals surface area contributed by atoms with Crippen molar-refractivity contribution >= 4 is 27.5 Å². The highest BCUT2D eigenvalue weighted by Crippen LogP contribution is 2.28. The fraction of sp³-hybridized carbons (Fsp3) is 0.300. The van der Waals surface area contributed by atoms with Gasteiger partial charge in [-0.2, -0.15) is 0 Å².